The Hall–Kier alpha value is -1.23. The van der Waals surface area contributed by atoms with Gasteiger partial charge in [0.05, 0.1) is 13.0 Å². The second-order valence-corrected chi connectivity index (χ2v) is 3.41. The van der Waals surface area contributed by atoms with Gasteiger partial charge in [0.2, 0.25) is 0 Å². The van der Waals surface area contributed by atoms with Gasteiger partial charge in [0, 0.05) is 5.56 Å². The molecule has 90 valence electrons. The number of halogens is 3. The molecule has 0 aliphatic carbocycles. The summed E-state index contributed by atoms with van der Waals surface area (Å²) in [6, 6.07) is 6.14. The average Bonchev–Trinajstić information content (AvgIpc) is 2.24. The second kappa shape index (κ2) is 5.21. The first-order valence-corrected chi connectivity index (χ1v) is 4.90. The second-order valence-electron chi connectivity index (χ2n) is 3.41. The lowest BCUT2D eigenvalue weighted by molar-refractivity contribution is -0.151. The fourth-order valence-corrected chi connectivity index (χ4v) is 1.62. The third-order valence-electron chi connectivity index (χ3n) is 2.36. The zero-order chi connectivity index (χ0) is 12.2. The molecule has 2 nitrogen and oxygen atoms in total. The fourth-order valence-electron chi connectivity index (χ4n) is 1.62. The van der Waals surface area contributed by atoms with E-state index in [4.69, 9.17) is 10.5 Å². The van der Waals surface area contributed by atoms with Gasteiger partial charge in [0.25, 0.3) is 0 Å². The van der Waals surface area contributed by atoms with E-state index in [2.05, 4.69) is 0 Å². The lowest BCUT2D eigenvalue weighted by Crippen LogP contribution is -2.24. The van der Waals surface area contributed by atoms with Gasteiger partial charge in [-0.05, 0) is 19.0 Å². The van der Waals surface area contributed by atoms with Crippen LogP contribution in [0.4, 0.5) is 13.2 Å². The highest BCUT2D eigenvalue weighted by Gasteiger charge is 2.41. The first kappa shape index (κ1) is 12.8. The molecule has 1 atom stereocenters. The zero-order valence-corrected chi connectivity index (χ0v) is 8.92. The van der Waals surface area contributed by atoms with Gasteiger partial charge < -0.3 is 10.5 Å². The van der Waals surface area contributed by atoms with Crippen LogP contribution in [0.25, 0.3) is 0 Å². The van der Waals surface area contributed by atoms with Gasteiger partial charge in [-0.15, -0.1) is 0 Å². The first-order valence-electron chi connectivity index (χ1n) is 4.90. The minimum Gasteiger partial charge on any atom is -0.496 e. The lowest BCUT2D eigenvalue weighted by Gasteiger charge is -2.21. The van der Waals surface area contributed by atoms with Crippen molar-refractivity contribution in [2.24, 2.45) is 5.73 Å². The van der Waals surface area contributed by atoms with E-state index in [9.17, 15) is 13.2 Å². The predicted molar refractivity (Wildman–Crippen MR) is 55.5 cm³/mol. The van der Waals surface area contributed by atoms with Crippen molar-refractivity contribution in [3.8, 4) is 5.75 Å². The van der Waals surface area contributed by atoms with Crippen LogP contribution >= 0.6 is 0 Å². The maximum Gasteiger partial charge on any atom is 0.395 e. The standard InChI is InChI=1S/C11H14F3NO/c1-16-10-5-3-2-4-8(10)9(6-7-15)11(12,13)14/h2-5,9H,6-7,15H2,1H3. The molecule has 0 saturated carbocycles. The number of hydrogen-bond acceptors (Lipinski definition) is 2. The molecule has 1 unspecified atom stereocenters. The van der Waals surface area contributed by atoms with Crippen LogP contribution in [0.3, 0.4) is 0 Å². The Kier molecular flexibility index (Phi) is 4.18. The number of alkyl halides is 3. The van der Waals surface area contributed by atoms with Gasteiger partial charge in [-0.3, -0.25) is 0 Å². The molecule has 1 rings (SSSR count). The number of ether oxygens (including phenoxy) is 1. The Balaban J connectivity index is 3.10. The number of benzene rings is 1. The van der Waals surface area contributed by atoms with E-state index in [0.29, 0.717) is 0 Å². The Labute approximate surface area is 92.2 Å². The van der Waals surface area contributed by atoms with Crippen molar-refractivity contribution in [3.63, 3.8) is 0 Å². The molecule has 0 heterocycles. The summed E-state index contributed by atoms with van der Waals surface area (Å²) in [5.41, 5.74) is 5.36. The molecular weight excluding hydrogens is 219 g/mol. The zero-order valence-electron chi connectivity index (χ0n) is 8.92. The Morgan fingerprint density at radius 3 is 2.44 bits per heavy atom. The van der Waals surface area contributed by atoms with Crippen molar-refractivity contribution in [2.75, 3.05) is 13.7 Å². The minimum atomic E-state index is -4.30. The maximum atomic E-state index is 12.8. The van der Waals surface area contributed by atoms with E-state index in [1.165, 1.54) is 19.2 Å². The third-order valence-corrected chi connectivity index (χ3v) is 2.36. The largest absolute Gasteiger partial charge is 0.496 e. The van der Waals surface area contributed by atoms with E-state index < -0.39 is 12.1 Å². The third kappa shape index (κ3) is 2.88. The van der Waals surface area contributed by atoms with Crippen molar-refractivity contribution in [2.45, 2.75) is 18.5 Å². The molecule has 0 aromatic heterocycles. The molecule has 1 aromatic rings. The lowest BCUT2D eigenvalue weighted by atomic mass is 9.94. The average molecular weight is 233 g/mol. The van der Waals surface area contributed by atoms with Crippen LogP contribution in [-0.4, -0.2) is 19.8 Å². The van der Waals surface area contributed by atoms with Crippen LogP contribution in [0.5, 0.6) is 5.75 Å². The maximum absolute atomic E-state index is 12.8. The highest BCUT2D eigenvalue weighted by atomic mass is 19.4. The summed E-state index contributed by atoms with van der Waals surface area (Å²) in [7, 11) is 1.36. The number of hydrogen-bond donors (Lipinski definition) is 1. The van der Waals surface area contributed by atoms with Crippen LogP contribution < -0.4 is 10.5 Å². The van der Waals surface area contributed by atoms with E-state index >= 15 is 0 Å². The summed E-state index contributed by atoms with van der Waals surface area (Å²) in [6.07, 6.45) is -4.43. The van der Waals surface area contributed by atoms with Crippen LogP contribution in [0.1, 0.15) is 17.9 Å². The topological polar surface area (TPSA) is 35.2 Å². The molecule has 0 bridgehead atoms. The quantitative estimate of drug-likeness (QED) is 0.867. The van der Waals surface area contributed by atoms with Gasteiger partial charge in [0.15, 0.2) is 0 Å². The van der Waals surface area contributed by atoms with Crippen molar-refractivity contribution in [1.82, 2.24) is 0 Å². The molecule has 0 fully saturated rings. The molecule has 2 N–H and O–H groups in total. The molecule has 0 spiro atoms. The smallest absolute Gasteiger partial charge is 0.395 e. The number of rotatable bonds is 4. The summed E-state index contributed by atoms with van der Waals surface area (Å²) in [6.45, 7) is -0.0117. The molecule has 0 saturated heterocycles. The van der Waals surface area contributed by atoms with Crippen LogP contribution in [0, 0.1) is 0 Å². The van der Waals surface area contributed by atoms with E-state index in [-0.39, 0.29) is 24.3 Å². The number of methoxy groups -OCH3 is 1. The Morgan fingerprint density at radius 2 is 1.94 bits per heavy atom. The predicted octanol–water partition coefficient (Wildman–Crippen LogP) is 2.69. The molecule has 16 heavy (non-hydrogen) atoms. The summed E-state index contributed by atoms with van der Waals surface area (Å²) >= 11 is 0. The van der Waals surface area contributed by atoms with Crippen LogP contribution in [0.15, 0.2) is 24.3 Å². The SMILES string of the molecule is COc1ccccc1C(CCN)C(F)(F)F. The van der Waals surface area contributed by atoms with E-state index in [1.807, 2.05) is 0 Å². The van der Waals surface area contributed by atoms with Crippen molar-refractivity contribution < 1.29 is 17.9 Å². The van der Waals surface area contributed by atoms with Crippen molar-refractivity contribution in [3.05, 3.63) is 29.8 Å². The summed E-state index contributed by atoms with van der Waals surface area (Å²) < 4.78 is 43.3. The van der Waals surface area contributed by atoms with Crippen molar-refractivity contribution >= 4 is 0 Å². The molecule has 0 aliphatic heterocycles. The van der Waals surface area contributed by atoms with Gasteiger partial charge in [-0.1, -0.05) is 18.2 Å². The first-order chi connectivity index (χ1) is 7.50. The highest BCUT2D eigenvalue weighted by molar-refractivity contribution is 5.37. The molecule has 0 aliphatic rings. The monoisotopic (exact) mass is 233 g/mol. The molecule has 5 heteroatoms. The normalized spacial score (nSPS) is 13.6. The van der Waals surface area contributed by atoms with Crippen LogP contribution in [0.2, 0.25) is 0 Å². The summed E-state index contributed by atoms with van der Waals surface area (Å²) in [5.74, 6) is -1.31. The van der Waals surface area contributed by atoms with Crippen molar-refractivity contribution in [1.29, 1.82) is 0 Å². The Bertz CT molecular complexity index is 338. The van der Waals surface area contributed by atoms with Gasteiger partial charge in [-0.25, -0.2) is 0 Å². The Morgan fingerprint density at radius 1 is 1.31 bits per heavy atom. The summed E-state index contributed by atoms with van der Waals surface area (Å²) in [4.78, 5) is 0. The highest BCUT2D eigenvalue weighted by Crippen LogP contribution is 2.40. The fraction of sp³-hybridized carbons (Fsp3) is 0.455. The molecule has 1 aromatic carbocycles. The number of para-hydroxylation sites is 1. The molecule has 0 radical (unpaired) electrons. The number of nitrogens with two attached hydrogens (primary N) is 1. The van der Waals surface area contributed by atoms with Gasteiger partial charge in [-0.2, -0.15) is 13.2 Å². The van der Waals surface area contributed by atoms with Crippen LogP contribution in [-0.2, 0) is 0 Å². The van der Waals surface area contributed by atoms with E-state index in [1.54, 1.807) is 12.1 Å². The van der Waals surface area contributed by atoms with Gasteiger partial charge >= 0.3 is 6.18 Å². The molecule has 0 amide bonds. The molecular formula is C11H14F3NO. The minimum absolute atomic E-state index is 0.0117. The summed E-state index contributed by atoms with van der Waals surface area (Å²) in [5, 5.41) is 0. The van der Waals surface area contributed by atoms with E-state index in [0.717, 1.165) is 0 Å². The van der Waals surface area contributed by atoms with Gasteiger partial charge in [0.1, 0.15) is 5.75 Å².